The maximum absolute atomic E-state index is 2.34. The number of benzene rings is 1. The minimum absolute atomic E-state index is 1.17. The molecular weight excluding hydrogens is 295 g/mol. The summed E-state index contributed by atoms with van der Waals surface area (Å²) < 4.78 is 1.31. The van der Waals surface area contributed by atoms with E-state index in [1.165, 1.54) is 41.2 Å². The Labute approximate surface area is 107 Å². The van der Waals surface area contributed by atoms with Crippen LogP contribution in [0.1, 0.15) is 38.2 Å². The van der Waals surface area contributed by atoms with E-state index in [0.29, 0.717) is 0 Å². The molecular formula is C14H19I. The molecule has 0 N–H and O–H groups in total. The molecule has 1 aromatic rings. The first-order valence-corrected chi connectivity index (χ1v) is 6.80. The third kappa shape index (κ3) is 5.98. The molecule has 0 aromatic heterocycles. The van der Waals surface area contributed by atoms with Gasteiger partial charge in [0.05, 0.1) is 0 Å². The Kier molecular flexibility index (Phi) is 6.73. The summed E-state index contributed by atoms with van der Waals surface area (Å²) >= 11 is 2.34. The molecule has 15 heavy (non-hydrogen) atoms. The standard InChI is InChI=1S/C14H19I/c1-2-3-4-5-6-7-8-13-9-11-14(15)12-10-13/h5-6,9-12H,2-4,7-8H2,1H3/b6-5+. The Balaban J connectivity index is 2.20. The molecule has 0 bridgehead atoms. The van der Waals surface area contributed by atoms with E-state index in [1.807, 2.05) is 0 Å². The first kappa shape index (κ1) is 12.8. The van der Waals surface area contributed by atoms with E-state index in [2.05, 4.69) is 65.9 Å². The maximum Gasteiger partial charge on any atom is 0.0130 e. The highest BCUT2D eigenvalue weighted by Crippen LogP contribution is 2.09. The monoisotopic (exact) mass is 314 g/mol. The van der Waals surface area contributed by atoms with Gasteiger partial charge in [-0.25, -0.2) is 0 Å². The van der Waals surface area contributed by atoms with Crippen molar-refractivity contribution in [1.82, 2.24) is 0 Å². The second-order valence-corrected chi connectivity index (χ2v) is 5.02. The van der Waals surface area contributed by atoms with Crippen LogP contribution in [0.3, 0.4) is 0 Å². The average Bonchev–Trinajstić information content (AvgIpc) is 2.26. The third-order valence-electron chi connectivity index (χ3n) is 2.40. The summed E-state index contributed by atoms with van der Waals surface area (Å²) in [4.78, 5) is 0. The fraction of sp³-hybridized carbons (Fsp3) is 0.429. The molecule has 1 rings (SSSR count). The summed E-state index contributed by atoms with van der Waals surface area (Å²) in [5.74, 6) is 0. The van der Waals surface area contributed by atoms with Crippen molar-refractivity contribution in [3.05, 3.63) is 45.6 Å². The summed E-state index contributed by atoms with van der Waals surface area (Å²) in [5, 5.41) is 0. The normalized spacial score (nSPS) is 11.1. The number of aryl methyl sites for hydroxylation is 1. The largest absolute Gasteiger partial charge is 0.0885 e. The van der Waals surface area contributed by atoms with Gasteiger partial charge in [0.15, 0.2) is 0 Å². The van der Waals surface area contributed by atoms with E-state index in [-0.39, 0.29) is 0 Å². The third-order valence-corrected chi connectivity index (χ3v) is 3.12. The molecule has 0 saturated heterocycles. The smallest absolute Gasteiger partial charge is 0.0130 e. The Bertz CT molecular complexity index is 285. The number of hydrogen-bond acceptors (Lipinski definition) is 0. The molecule has 0 heterocycles. The van der Waals surface area contributed by atoms with E-state index in [1.54, 1.807) is 0 Å². The minimum Gasteiger partial charge on any atom is -0.0885 e. The van der Waals surface area contributed by atoms with E-state index in [0.717, 1.165) is 0 Å². The van der Waals surface area contributed by atoms with Crippen molar-refractivity contribution in [2.24, 2.45) is 0 Å². The van der Waals surface area contributed by atoms with Crippen molar-refractivity contribution in [2.45, 2.75) is 39.0 Å². The zero-order valence-electron chi connectivity index (χ0n) is 9.38. The second kappa shape index (κ2) is 7.91. The molecule has 0 radical (unpaired) electrons. The van der Waals surface area contributed by atoms with Crippen LogP contribution in [0.5, 0.6) is 0 Å². The van der Waals surface area contributed by atoms with Gasteiger partial charge in [0.25, 0.3) is 0 Å². The number of allylic oxidation sites excluding steroid dienone is 2. The lowest BCUT2D eigenvalue weighted by atomic mass is 10.1. The van der Waals surface area contributed by atoms with Crippen LogP contribution >= 0.6 is 22.6 Å². The molecule has 0 amide bonds. The zero-order valence-corrected chi connectivity index (χ0v) is 11.5. The van der Waals surface area contributed by atoms with E-state index in [9.17, 15) is 0 Å². The Morgan fingerprint density at radius 2 is 1.73 bits per heavy atom. The molecule has 0 aliphatic rings. The zero-order chi connectivity index (χ0) is 10.9. The van der Waals surface area contributed by atoms with Crippen molar-refractivity contribution in [2.75, 3.05) is 0 Å². The van der Waals surface area contributed by atoms with Crippen LogP contribution in [0, 0.1) is 3.57 Å². The minimum atomic E-state index is 1.17. The van der Waals surface area contributed by atoms with Gasteiger partial charge in [-0.05, 0) is 59.5 Å². The van der Waals surface area contributed by atoms with Gasteiger partial charge in [0.2, 0.25) is 0 Å². The van der Waals surface area contributed by atoms with Crippen LogP contribution in [0.4, 0.5) is 0 Å². The number of unbranched alkanes of at least 4 members (excludes halogenated alkanes) is 2. The van der Waals surface area contributed by atoms with Crippen LogP contribution in [-0.4, -0.2) is 0 Å². The van der Waals surface area contributed by atoms with Crippen molar-refractivity contribution >= 4 is 22.6 Å². The molecule has 0 atom stereocenters. The first-order chi connectivity index (χ1) is 7.33. The van der Waals surface area contributed by atoms with Crippen molar-refractivity contribution in [1.29, 1.82) is 0 Å². The van der Waals surface area contributed by atoms with Gasteiger partial charge >= 0.3 is 0 Å². The fourth-order valence-electron chi connectivity index (χ4n) is 1.46. The second-order valence-electron chi connectivity index (χ2n) is 3.78. The van der Waals surface area contributed by atoms with Gasteiger partial charge < -0.3 is 0 Å². The fourth-order valence-corrected chi connectivity index (χ4v) is 1.82. The molecule has 82 valence electrons. The molecule has 1 aromatic carbocycles. The van der Waals surface area contributed by atoms with Crippen LogP contribution in [0.2, 0.25) is 0 Å². The van der Waals surface area contributed by atoms with Crippen LogP contribution < -0.4 is 0 Å². The molecule has 0 saturated carbocycles. The Hall–Kier alpha value is -0.310. The van der Waals surface area contributed by atoms with Gasteiger partial charge in [-0.2, -0.15) is 0 Å². The highest BCUT2D eigenvalue weighted by Gasteiger charge is 1.90. The van der Waals surface area contributed by atoms with Crippen LogP contribution in [0.25, 0.3) is 0 Å². The van der Waals surface area contributed by atoms with Crippen molar-refractivity contribution in [3.8, 4) is 0 Å². The number of halogens is 1. The SMILES string of the molecule is CCCC/C=C/CCc1ccc(I)cc1. The lowest BCUT2D eigenvalue weighted by Crippen LogP contribution is -1.82. The number of rotatable bonds is 6. The Morgan fingerprint density at radius 3 is 2.40 bits per heavy atom. The lowest BCUT2D eigenvalue weighted by molar-refractivity contribution is 0.811. The quantitative estimate of drug-likeness (QED) is 0.395. The van der Waals surface area contributed by atoms with E-state index < -0.39 is 0 Å². The van der Waals surface area contributed by atoms with Gasteiger partial charge in [-0.3, -0.25) is 0 Å². The van der Waals surface area contributed by atoms with E-state index >= 15 is 0 Å². The first-order valence-electron chi connectivity index (χ1n) is 5.72. The highest BCUT2D eigenvalue weighted by molar-refractivity contribution is 14.1. The average molecular weight is 314 g/mol. The van der Waals surface area contributed by atoms with Gasteiger partial charge in [-0.1, -0.05) is 44.1 Å². The Morgan fingerprint density at radius 1 is 1.07 bits per heavy atom. The summed E-state index contributed by atoms with van der Waals surface area (Å²) in [7, 11) is 0. The predicted molar refractivity (Wildman–Crippen MR) is 76.1 cm³/mol. The lowest BCUT2D eigenvalue weighted by Gasteiger charge is -1.98. The molecule has 0 spiro atoms. The van der Waals surface area contributed by atoms with E-state index in [4.69, 9.17) is 0 Å². The van der Waals surface area contributed by atoms with Gasteiger partial charge in [0, 0.05) is 3.57 Å². The predicted octanol–water partition coefficient (Wildman–Crippen LogP) is 4.97. The van der Waals surface area contributed by atoms with Crippen molar-refractivity contribution < 1.29 is 0 Å². The molecule has 0 aliphatic carbocycles. The summed E-state index contributed by atoms with van der Waals surface area (Å²) in [6.45, 7) is 2.24. The van der Waals surface area contributed by atoms with Crippen molar-refractivity contribution in [3.63, 3.8) is 0 Å². The van der Waals surface area contributed by atoms with Crippen LogP contribution in [-0.2, 0) is 6.42 Å². The molecule has 1 heteroatoms. The van der Waals surface area contributed by atoms with Gasteiger partial charge in [-0.15, -0.1) is 0 Å². The van der Waals surface area contributed by atoms with Crippen LogP contribution in [0.15, 0.2) is 36.4 Å². The molecule has 0 nitrogen and oxygen atoms in total. The summed E-state index contributed by atoms with van der Waals surface area (Å²) in [6, 6.07) is 8.80. The topological polar surface area (TPSA) is 0 Å². The number of hydrogen-bond donors (Lipinski definition) is 0. The molecule has 0 aliphatic heterocycles. The van der Waals surface area contributed by atoms with Gasteiger partial charge in [0.1, 0.15) is 0 Å². The molecule has 0 unspecified atom stereocenters. The highest BCUT2D eigenvalue weighted by atomic mass is 127. The summed E-state index contributed by atoms with van der Waals surface area (Å²) in [5.41, 5.74) is 1.44. The summed E-state index contributed by atoms with van der Waals surface area (Å²) in [6.07, 6.45) is 10.8. The maximum atomic E-state index is 2.34. The molecule has 0 fully saturated rings.